The van der Waals surface area contributed by atoms with Crippen LogP contribution in [0.3, 0.4) is 0 Å². The second-order valence-corrected chi connectivity index (χ2v) is 7.78. The van der Waals surface area contributed by atoms with Crippen LogP contribution in [0.1, 0.15) is 52.4 Å². The Bertz CT molecular complexity index is 360. The Labute approximate surface area is 148 Å². The maximum absolute atomic E-state index is 12.4. The number of nitrogens with one attached hydrogen (secondary N) is 1. The summed E-state index contributed by atoms with van der Waals surface area (Å²) in [6, 6.07) is 0.550. The Kier molecular flexibility index (Phi) is 8.33. The third-order valence-corrected chi connectivity index (χ3v) is 5.78. The molecule has 1 atom stereocenters. The molecule has 1 aliphatic carbocycles. The maximum Gasteiger partial charge on any atom is 0.317 e. The summed E-state index contributed by atoms with van der Waals surface area (Å²) in [5.41, 5.74) is 0. The van der Waals surface area contributed by atoms with Crippen LogP contribution in [0.4, 0.5) is 4.79 Å². The minimum Gasteiger partial charge on any atom is -0.338 e. The minimum absolute atomic E-state index is 0.115. The van der Waals surface area contributed by atoms with Crippen LogP contribution in [0.15, 0.2) is 0 Å². The molecule has 0 bridgehead atoms. The maximum atomic E-state index is 12.4. The molecule has 140 valence electrons. The molecular formula is C19H38N4O. The summed E-state index contributed by atoms with van der Waals surface area (Å²) < 4.78 is 0. The lowest BCUT2D eigenvalue weighted by atomic mass is 10.1. The molecule has 2 rings (SSSR count). The van der Waals surface area contributed by atoms with Crippen molar-refractivity contribution in [2.75, 3.05) is 52.9 Å². The molecule has 24 heavy (non-hydrogen) atoms. The van der Waals surface area contributed by atoms with Gasteiger partial charge in [0.1, 0.15) is 0 Å². The average molecular weight is 339 g/mol. The van der Waals surface area contributed by atoms with Crippen molar-refractivity contribution in [3.63, 3.8) is 0 Å². The number of carbonyl (C=O) groups excluding carboxylic acids is 1. The Morgan fingerprint density at radius 3 is 2.25 bits per heavy atom. The Balaban J connectivity index is 1.65. The molecule has 0 aromatic rings. The number of hydrogen-bond donors (Lipinski definition) is 1. The summed E-state index contributed by atoms with van der Waals surface area (Å²) in [5, 5.41) is 3.16. The molecule has 2 fully saturated rings. The Morgan fingerprint density at radius 1 is 1.08 bits per heavy atom. The molecule has 5 heteroatoms. The van der Waals surface area contributed by atoms with E-state index in [0.717, 1.165) is 32.7 Å². The molecule has 1 saturated heterocycles. The molecule has 2 aliphatic rings. The van der Waals surface area contributed by atoms with Crippen LogP contribution in [-0.2, 0) is 0 Å². The molecule has 0 unspecified atom stereocenters. The Morgan fingerprint density at radius 2 is 1.67 bits per heavy atom. The highest BCUT2D eigenvalue weighted by Gasteiger charge is 2.22. The fourth-order valence-electron chi connectivity index (χ4n) is 3.99. The van der Waals surface area contributed by atoms with E-state index in [4.69, 9.17) is 0 Å². The van der Waals surface area contributed by atoms with Gasteiger partial charge in [0.15, 0.2) is 0 Å². The number of carbonyl (C=O) groups is 1. The summed E-state index contributed by atoms with van der Waals surface area (Å²) in [7, 11) is 1.97. The molecule has 1 saturated carbocycles. The molecule has 2 amide bonds. The van der Waals surface area contributed by atoms with Crippen molar-refractivity contribution in [3.05, 3.63) is 0 Å². The number of hydrogen-bond acceptors (Lipinski definition) is 3. The minimum atomic E-state index is 0.115. The van der Waals surface area contributed by atoms with E-state index in [9.17, 15) is 4.79 Å². The van der Waals surface area contributed by atoms with Crippen LogP contribution in [0, 0.1) is 5.92 Å². The van der Waals surface area contributed by atoms with Gasteiger partial charge in [-0.05, 0) is 25.3 Å². The summed E-state index contributed by atoms with van der Waals surface area (Å²) >= 11 is 0. The van der Waals surface area contributed by atoms with E-state index >= 15 is 0 Å². The quantitative estimate of drug-likeness (QED) is 0.757. The molecule has 0 spiro atoms. The van der Waals surface area contributed by atoms with Gasteiger partial charge in [0.05, 0.1) is 0 Å². The Hall–Kier alpha value is -0.810. The van der Waals surface area contributed by atoms with Crippen LogP contribution < -0.4 is 5.32 Å². The van der Waals surface area contributed by atoms with Gasteiger partial charge in [-0.2, -0.15) is 0 Å². The smallest absolute Gasteiger partial charge is 0.317 e. The van der Waals surface area contributed by atoms with E-state index in [2.05, 4.69) is 29.0 Å². The molecule has 5 nitrogen and oxygen atoms in total. The highest BCUT2D eigenvalue weighted by atomic mass is 16.2. The van der Waals surface area contributed by atoms with Crippen molar-refractivity contribution >= 4 is 6.03 Å². The molecule has 0 aromatic carbocycles. The third kappa shape index (κ3) is 6.25. The molecule has 0 aromatic heterocycles. The van der Waals surface area contributed by atoms with Crippen molar-refractivity contribution in [3.8, 4) is 0 Å². The monoisotopic (exact) mass is 338 g/mol. The van der Waals surface area contributed by atoms with Crippen LogP contribution in [-0.4, -0.2) is 79.6 Å². The zero-order chi connectivity index (χ0) is 17.4. The number of amides is 2. The van der Waals surface area contributed by atoms with Gasteiger partial charge in [-0.25, -0.2) is 4.79 Å². The zero-order valence-corrected chi connectivity index (χ0v) is 16.1. The highest BCUT2D eigenvalue weighted by molar-refractivity contribution is 5.74. The van der Waals surface area contributed by atoms with Crippen molar-refractivity contribution in [1.29, 1.82) is 0 Å². The first-order valence-corrected chi connectivity index (χ1v) is 10.1. The summed E-state index contributed by atoms with van der Waals surface area (Å²) in [6.07, 6.45) is 7.52. The number of nitrogens with zero attached hydrogens (tertiary/aromatic N) is 3. The van der Waals surface area contributed by atoms with Crippen LogP contribution in [0.25, 0.3) is 0 Å². The van der Waals surface area contributed by atoms with E-state index in [-0.39, 0.29) is 6.03 Å². The second-order valence-electron chi connectivity index (χ2n) is 7.78. The topological polar surface area (TPSA) is 38.8 Å². The predicted molar refractivity (Wildman–Crippen MR) is 100 cm³/mol. The zero-order valence-electron chi connectivity index (χ0n) is 16.1. The SMILES string of the molecule is CCN1CCN(C[C@H](C)CNC(=O)N(C)C2CCCCCC2)CC1. The number of rotatable bonds is 6. The first-order chi connectivity index (χ1) is 11.6. The standard InChI is InChI=1S/C19H38N4O/c1-4-22-11-13-23(14-12-22)16-17(2)15-20-19(24)21(3)18-9-7-5-6-8-10-18/h17-18H,4-16H2,1-3H3,(H,20,24)/t17-/m1/s1. The van der Waals surface area contributed by atoms with Gasteiger partial charge in [0.25, 0.3) is 0 Å². The van der Waals surface area contributed by atoms with Gasteiger partial charge < -0.3 is 20.0 Å². The summed E-state index contributed by atoms with van der Waals surface area (Å²) in [4.78, 5) is 19.4. The normalized spacial score (nSPS) is 22.8. The largest absolute Gasteiger partial charge is 0.338 e. The van der Waals surface area contributed by atoms with E-state index < -0.39 is 0 Å². The molecule has 1 aliphatic heterocycles. The van der Waals surface area contributed by atoms with Crippen LogP contribution >= 0.6 is 0 Å². The highest BCUT2D eigenvalue weighted by Crippen LogP contribution is 2.21. The first kappa shape index (κ1) is 19.5. The van der Waals surface area contributed by atoms with Crippen molar-refractivity contribution < 1.29 is 4.79 Å². The van der Waals surface area contributed by atoms with Gasteiger partial charge in [0.2, 0.25) is 0 Å². The van der Waals surface area contributed by atoms with Crippen molar-refractivity contribution in [2.24, 2.45) is 5.92 Å². The van der Waals surface area contributed by atoms with Gasteiger partial charge in [-0.1, -0.05) is 39.5 Å². The van der Waals surface area contributed by atoms with E-state index in [1.54, 1.807) is 0 Å². The number of urea groups is 1. The molecule has 0 radical (unpaired) electrons. The van der Waals surface area contributed by atoms with Gasteiger partial charge in [-0.3, -0.25) is 0 Å². The lowest BCUT2D eigenvalue weighted by molar-refractivity contribution is 0.123. The van der Waals surface area contributed by atoms with Gasteiger partial charge >= 0.3 is 6.03 Å². The number of likely N-dealkylation sites (N-methyl/N-ethyl adjacent to an activating group) is 1. The van der Waals surface area contributed by atoms with Gasteiger partial charge in [0, 0.05) is 52.4 Å². The second kappa shape index (κ2) is 10.2. The molecule has 1 N–H and O–H groups in total. The van der Waals surface area contributed by atoms with Crippen molar-refractivity contribution in [1.82, 2.24) is 20.0 Å². The van der Waals surface area contributed by atoms with Crippen molar-refractivity contribution in [2.45, 2.75) is 58.4 Å². The number of piperazine rings is 1. The third-order valence-electron chi connectivity index (χ3n) is 5.78. The first-order valence-electron chi connectivity index (χ1n) is 10.1. The van der Waals surface area contributed by atoms with Gasteiger partial charge in [-0.15, -0.1) is 0 Å². The lowest BCUT2D eigenvalue weighted by Gasteiger charge is -2.35. The van der Waals surface area contributed by atoms with E-state index in [1.807, 2.05) is 11.9 Å². The fourth-order valence-corrected chi connectivity index (χ4v) is 3.99. The lowest BCUT2D eigenvalue weighted by Crippen LogP contribution is -2.49. The molecular weight excluding hydrogens is 300 g/mol. The summed E-state index contributed by atoms with van der Waals surface area (Å²) in [5.74, 6) is 0.504. The predicted octanol–water partition coefficient (Wildman–Crippen LogP) is 2.62. The van der Waals surface area contributed by atoms with Crippen LogP contribution in [0.5, 0.6) is 0 Å². The summed E-state index contributed by atoms with van der Waals surface area (Å²) in [6.45, 7) is 12.2. The van der Waals surface area contributed by atoms with E-state index in [0.29, 0.717) is 12.0 Å². The molecule has 1 heterocycles. The average Bonchev–Trinajstić information content (AvgIpc) is 2.89. The van der Waals surface area contributed by atoms with E-state index in [1.165, 1.54) is 51.6 Å². The van der Waals surface area contributed by atoms with Crippen LogP contribution in [0.2, 0.25) is 0 Å². The fraction of sp³-hybridized carbons (Fsp3) is 0.947.